The van der Waals surface area contributed by atoms with Crippen LogP contribution in [0.3, 0.4) is 0 Å². The van der Waals surface area contributed by atoms with Crippen LogP contribution in [0.1, 0.15) is 24.1 Å². The number of hydrogen-bond donors (Lipinski definition) is 1. The van der Waals surface area contributed by atoms with Gasteiger partial charge in [0.1, 0.15) is 11.4 Å². The van der Waals surface area contributed by atoms with Gasteiger partial charge in [0, 0.05) is 37.3 Å². The fourth-order valence-electron chi connectivity index (χ4n) is 2.28. The zero-order chi connectivity index (χ0) is 17.6. The molecule has 0 radical (unpaired) electrons. The molecule has 1 N–H and O–H groups in total. The van der Waals surface area contributed by atoms with Crippen LogP contribution >= 0.6 is 0 Å². The Morgan fingerprint density at radius 2 is 2.04 bits per heavy atom. The fraction of sp³-hybridized carbons (Fsp3) is 0.158. The van der Waals surface area contributed by atoms with Gasteiger partial charge in [0.25, 0.3) is 5.91 Å². The minimum absolute atomic E-state index is 0.0941. The highest BCUT2D eigenvalue weighted by Gasteiger charge is 2.21. The van der Waals surface area contributed by atoms with Crippen LogP contribution in [-0.2, 0) is 9.59 Å². The Labute approximate surface area is 145 Å². The third kappa shape index (κ3) is 4.30. The van der Waals surface area contributed by atoms with Crippen LogP contribution in [0.4, 0.5) is 5.69 Å². The number of benzene rings is 1. The van der Waals surface area contributed by atoms with Gasteiger partial charge in [-0.2, -0.15) is 5.10 Å². The van der Waals surface area contributed by atoms with Crippen molar-refractivity contribution in [3.05, 3.63) is 59.9 Å². The lowest BCUT2D eigenvalue weighted by molar-refractivity contribution is -0.130. The van der Waals surface area contributed by atoms with Crippen molar-refractivity contribution >= 4 is 23.2 Å². The van der Waals surface area contributed by atoms with Crippen LogP contribution in [0.2, 0.25) is 0 Å². The average Bonchev–Trinajstić information content (AvgIpc) is 2.63. The summed E-state index contributed by atoms with van der Waals surface area (Å²) in [5.41, 5.74) is 2.41. The lowest BCUT2D eigenvalue weighted by Crippen LogP contribution is -2.34. The van der Waals surface area contributed by atoms with Crippen molar-refractivity contribution in [1.29, 1.82) is 0 Å². The number of carbonyl (C=O) groups excluding carboxylic acids is 2. The zero-order valence-electron chi connectivity index (χ0n) is 13.7. The molecule has 3 rings (SSSR count). The van der Waals surface area contributed by atoms with Crippen molar-refractivity contribution in [2.75, 3.05) is 12.4 Å². The summed E-state index contributed by atoms with van der Waals surface area (Å²) in [5, 5.41) is 8.01. The largest absolute Gasteiger partial charge is 0.321 e. The summed E-state index contributed by atoms with van der Waals surface area (Å²) in [7, 11) is 1.54. The van der Waals surface area contributed by atoms with Crippen LogP contribution in [0.25, 0.3) is 0 Å². The second-order valence-electron chi connectivity index (χ2n) is 5.46. The Kier molecular flexibility index (Phi) is 4.86. The molecular weight excluding hydrogens is 316 g/mol. The van der Waals surface area contributed by atoms with Crippen molar-refractivity contribution in [3.63, 3.8) is 0 Å². The van der Waals surface area contributed by atoms with E-state index >= 15 is 0 Å². The lowest BCUT2D eigenvalue weighted by Gasteiger charge is -2.18. The van der Waals surface area contributed by atoms with Crippen LogP contribution in [-0.4, -0.2) is 34.6 Å². The van der Waals surface area contributed by atoms with E-state index in [4.69, 9.17) is 0 Å². The number of aromatic nitrogens is 1. The normalized spacial score (nSPS) is 13.6. The number of hydrazone groups is 1. The molecule has 0 saturated carbocycles. The molecule has 0 aliphatic carbocycles. The van der Waals surface area contributed by atoms with E-state index in [0.29, 0.717) is 29.9 Å². The van der Waals surface area contributed by atoms with E-state index in [1.54, 1.807) is 25.4 Å². The quantitative estimate of drug-likeness (QED) is 0.855. The van der Waals surface area contributed by atoms with E-state index in [2.05, 4.69) is 27.2 Å². The molecule has 6 heteroatoms. The predicted molar refractivity (Wildman–Crippen MR) is 94.7 cm³/mol. The maximum atomic E-state index is 12.3. The summed E-state index contributed by atoms with van der Waals surface area (Å²) < 4.78 is 0. The van der Waals surface area contributed by atoms with Crippen molar-refractivity contribution in [3.8, 4) is 11.8 Å². The van der Waals surface area contributed by atoms with Gasteiger partial charge >= 0.3 is 0 Å². The molecule has 0 unspecified atom stereocenters. The summed E-state index contributed by atoms with van der Waals surface area (Å²) in [6.45, 7) is 0. The molecular formula is C19H16N4O2. The first-order chi connectivity index (χ1) is 12.1. The number of amides is 2. The summed E-state index contributed by atoms with van der Waals surface area (Å²) in [6.07, 6.45) is 2.32. The van der Waals surface area contributed by atoms with E-state index in [0.717, 1.165) is 5.56 Å². The molecule has 0 atom stereocenters. The number of carbonyl (C=O) groups is 2. The number of rotatable bonds is 2. The van der Waals surface area contributed by atoms with Gasteiger partial charge in [-0.3, -0.25) is 9.59 Å². The number of pyridine rings is 1. The third-order valence-corrected chi connectivity index (χ3v) is 3.59. The Morgan fingerprint density at radius 1 is 1.16 bits per heavy atom. The molecule has 2 heterocycles. The van der Waals surface area contributed by atoms with Gasteiger partial charge in [-0.15, -0.1) is 0 Å². The Morgan fingerprint density at radius 3 is 2.80 bits per heavy atom. The number of hydrogen-bond acceptors (Lipinski definition) is 4. The van der Waals surface area contributed by atoms with Crippen LogP contribution < -0.4 is 5.32 Å². The van der Waals surface area contributed by atoms with E-state index in [1.165, 1.54) is 5.01 Å². The second kappa shape index (κ2) is 7.41. The fourth-order valence-corrected chi connectivity index (χ4v) is 2.28. The predicted octanol–water partition coefficient (Wildman–Crippen LogP) is 2.03. The van der Waals surface area contributed by atoms with Crippen LogP contribution in [0.5, 0.6) is 0 Å². The van der Waals surface area contributed by atoms with Crippen molar-refractivity contribution in [2.24, 2.45) is 5.10 Å². The monoisotopic (exact) mass is 332 g/mol. The molecule has 0 saturated heterocycles. The van der Waals surface area contributed by atoms with Gasteiger partial charge < -0.3 is 5.32 Å². The van der Waals surface area contributed by atoms with E-state index < -0.39 is 0 Å². The Hall–Kier alpha value is -3.46. The summed E-state index contributed by atoms with van der Waals surface area (Å²) in [5.74, 6) is 5.59. The number of nitrogens with zero attached hydrogens (tertiary/aromatic N) is 3. The smallest absolute Gasteiger partial charge is 0.271 e. The average molecular weight is 332 g/mol. The van der Waals surface area contributed by atoms with Gasteiger partial charge in [0.2, 0.25) is 5.91 Å². The number of nitrogens with one attached hydrogen (secondary N) is 1. The summed E-state index contributed by atoms with van der Waals surface area (Å²) in [6, 6.07) is 12.8. The van der Waals surface area contributed by atoms with E-state index in [-0.39, 0.29) is 11.8 Å². The van der Waals surface area contributed by atoms with E-state index in [1.807, 2.05) is 30.3 Å². The molecule has 1 aliphatic heterocycles. The van der Waals surface area contributed by atoms with Gasteiger partial charge in [0.15, 0.2) is 0 Å². The summed E-state index contributed by atoms with van der Waals surface area (Å²) in [4.78, 5) is 27.9. The molecule has 2 aromatic rings. The topological polar surface area (TPSA) is 74.7 Å². The molecule has 1 aromatic heterocycles. The highest BCUT2D eigenvalue weighted by atomic mass is 16.2. The molecule has 2 amide bonds. The maximum Gasteiger partial charge on any atom is 0.271 e. The second-order valence-corrected chi connectivity index (χ2v) is 5.46. The van der Waals surface area contributed by atoms with Gasteiger partial charge in [-0.1, -0.05) is 18.1 Å². The summed E-state index contributed by atoms with van der Waals surface area (Å²) >= 11 is 0. The highest BCUT2D eigenvalue weighted by Crippen LogP contribution is 2.13. The molecule has 1 aliphatic rings. The minimum atomic E-state index is -0.311. The first-order valence-electron chi connectivity index (χ1n) is 7.80. The van der Waals surface area contributed by atoms with Gasteiger partial charge in [-0.25, -0.2) is 9.99 Å². The highest BCUT2D eigenvalue weighted by molar-refractivity contribution is 6.43. The van der Waals surface area contributed by atoms with E-state index in [9.17, 15) is 9.59 Å². The van der Waals surface area contributed by atoms with Crippen LogP contribution in [0, 0.1) is 11.8 Å². The van der Waals surface area contributed by atoms with Crippen molar-refractivity contribution < 1.29 is 9.59 Å². The Balaban J connectivity index is 1.72. The molecule has 0 spiro atoms. The maximum absolute atomic E-state index is 12.3. The number of anilines is 1. The molecule has 124 valence electrons. The van der Waals surface area contributed by atoms with Crippen molar-refractivity contribution in [1.82, 2.24) is 9.99 Å². The van der Waals surface area contributed by atoms with Gasteiger partial charge in [-0.05, 0) is 36.3 Å². The molecule has 25 heavy (non-hydrogen) atoms. The van der Waals surface area contributed by atoms with Crippen molar-refractivity contribution in [2.45, 2.75) is 12.8 Å². The minimum Gasteiger partial charge on any atom is -0.321 e. The Bertz CT molecular complexity index is 894. The lowest BCUT2D eigenvalue weighted by atomic mass is 10.1. The molecule has 0 bridgehead atoms. The molecule has 6 nitrogen and oxygen atoms in total. The van der Waals surface area contributed by atoms with Crippen LogP contribution in [0.15, 0.2) is 53.8 Å². The standard InChI is InChI=1S/C19H16N4O2/c1-23-18(24)11-10-17(22-23)19(25)21-16-7-4-5-14(13-16)8-9-15-6-2-3-12-20-15/h2-7,12-13H,10-11H2,1H3,(H,21,25). The molecule has 1 aromatic carbocycles. The third-order valence-electron chi connectivity index (χ3n) is 3.59. The first-order valence-corrected chi connectivity index (χ1v) is 7.80. The first kappa shape index (κ1) is 16.4. The zero-order valence-corrected chi connectivity index (χ0v) is 13.7. The SMILES string of the molecule is CN1N=C(C(=O)Nc2cccc(C#Cc3ccccn3)c2)CCC1=O. The van der Waals surface area contributed by atoms with Gasteiger partial charge in [0.05, 0.1) is 0 Å². The molecule has 0 fully saturated rings.